The second-order valence-corrected chi connectivity index (χ2v) is 14.8. The third kappa shape index (κ3) is 5.76. The van der Waals surface area contributed by atoms with E-state index in [2.05, 4.69) is 80.9 Å². The van der Waals surface area contributed by atoms with Crippen molar-refractivity contribution in [2.45, 2.75) is 89.1 Å². The van der Waals surface area contributed by atoms with Crippen LogP contribution in [0.25, 0.3) is 10.9 Å². The molecule has 5 atom stereocenters. The maximum atomic E-state index is 14.8. The van der Waals surface area contributed by atoms with E-state index in [9.17, 15) is 8.42 Å². The molecule has 42 heavy (non-hydrogen) atoms. The first-order chi connectivity index (χ1) is 19.9. The zero-order valence-corrected chi connectivity index (χ0v) is 27.0. The van der Waals surface area contributed by atoms with Gasteiger partial charge in [0.05, 0.1) is 23.6 Å². The summed E-state index contributed by atoms with van der Waals surface area (Å²) < 4.78 is 38.5. The Morgan fingerprint density at radius 2 is 1.69 bits per heavy atom. The molecule has 3 aromatic rings. The Morgan fingerprint density at radius 1 is 1.00 bits per heavy atom. The van der Waals surface area contributed by atoms with E-state index < -0.39 is 16.1 Å². The molecule has 6 nitrogen and oxygen atoms in total. The number of pyridine rings is 1. The summed E-state index contributed by atoms with van der Waals surface area (Å²) in [6, 6.07) is 11.6. The third-order valence-corrected chi connectivity index (χ3v) is 11.1. The van der Waals surface area contributed by atoms with Gasteiger partial charge in [0, 0.05) is 24.2 Å². The molecule has 226 valence electrons. The van der Waals surface area contributed by atoms with Crippen molar-refractivity contribution in [2.24, 2.45) is 11.8 Å². The predicted octanol–water partition coefficient (Wildman–Crippen LogP) is 7.53. The molecule has 1 N–H and O–H groups in total. The van der Waals surface area contributed by atoms with E-state index in [-0.39, 0.29) is 17.9 Å². The Balaban J connectivity index is 1.69. The van der Waals surface area contributed by atoms with Gasteiger partial charge in [-0.3, -0.25) is 9.88 Å². The number of methoxy groups -OCH3 is 1. The van der Waals surface area contributed by atoms with Crippen LogP contribution in [0.1, 0.15) is 100 Å². The number of nitrogens with one attached hydrogen (secondary N) is 1. The van der Waals surface area contributed by atoms with Crippen LogP contribution >= 0.6 is 0 Å². The fourth-order valence-electron chi connectivity index (χ4n) is 7.04. The van der Waals surface area contributed by atoms with Gasteiger partial charge in [0.25, 0.3) is 0 Å². The van der Waals surface area contributed by atoms with Gasteiger partial charge in [-0.25, -0.2) is 13.1 Å². The monoisotopic (exact) mass is 589 g/mol. The fourth-order valence-corrected chi connectivity index (χ4v) is 8.99. The summed E-state index contributed by atoms with van der Waals surface area (Å²) in [7, 11) is -2.27. The van der Waals surface area contributed by atoms with E-state index in [0.717, 1.165) is 59.3 Å². The van der Waals surface area contributed by atoms with Gasteiger partial charge in [-0.05, 0) is 95.5 Å². The SMILES string of the molecule is C=C[C@H]1CN2CC[C@H]1C[C@H]2[C@@H](NS(=O)(=O)c1c(C(C)C)cc(C(C)C)cc1C(C)C)c1ccnc2ccc(OC)cc12. The number of aromatic nitrogens is 1. The molecule has 1 aromatic heterocycles. The number of fused-ring (bicyclic) bond motifs is 4. The van der Waals surface area contributed by atoms with Crippen molar-refractivity contribution in [1.29, 1.82) is 0 Å². The minimum atomic E-state index is -3.92. The molecule has 4 heterocycles. The fraction of sp³-hybridized carbons (Fsp3) is 0.514. The number of piperidine rings is 3. The average Bonchev–Trinajstić information content (AvgIpc) is 2.98. The number of rotatable bonds is 10. The molecule has 2 aromatic carbocycles. The third-order valence-electron chi connectivity index (χ3n) is 9.49. The molecule has 0 aliphatic carbocycles. The molecule has 1 unspecified atom stereocenters. The largest absolute Gasteiger partial charge is 0.497 e. The van der Waals surface area contributed by atoms with Crippen LogP contribution in [-0.2, 0) is 10.0 Å². The second-order valence-electron chi connectivity index (χ2n) is 13.1. The first-order valence-corrected chi connectivity index (χ1v) is 16.9. The molecule has 0 radical (unpaired) electrons. The summed E-state index contributed by atoms with van der Waals surface area (Å²) in [5.41, 5.74) is 4.70. The maximum Gasteiger partial charge on any atom is 0.241 e. The van der Waals surface area contributed by atoms with Crippen molar-refractivity contribution >= 4 is 20.9 Å². The Morgan fingerprint density at radius 3 is 2.24 bits per heavy atom. The Hall–Kier alpha value is -2.74. The van der Waals surface area contributed by atoms with E-state index >= 15 is 0 Å². The van der Waals surface area contributed by atoms with Crippen molar-refractivity contribution in [3.8, 4) is 5.75 Å². The summed E-state index contributed by atoms with van der Waals surface area (Å²) >= 11 is 0. The van der Waals surface area contributed by atoms with Crippen molar-refractivity contribution < 1.29 is 13.2 Å². The molecular formula is C35H47N3O3S. The van der Waals surface area contributed by atoms with Crippen LogP contribution < -0.4 is 9.46 Å². The molecule has 0 spiro atoms. The van der Waals surface area contributed by atoms with Gasteiger partial charge in [0.2, 0.25) is 10.0 Å². The number of benzene rings is 2. The predicted molar refractivity (Wildman–Crippen MR) is 172 cm³/mol. The summed E-state index contributed by atoms with van der Waals surface area (Å²) in [4.78, 5) is 7.53. The first kappa shape index (κ1) is 30.7. The molecule has 7 heteroatoms. The Labute approximate surface area is 252 Å². The van der Waals surface area contributed by atoms with Gasteiger partial charge in [0.15, 0.2) is 0 Å². The number of ether oxygens (including phenoxy) is 1. The zero-order valence-electron chi connectivity index (χ0n) is 26.2. The summed E-state index contributed by atoms with van der Waals surface area (Å²) in [5, 5.41) is 0.913. The quantitative estimate of drug-likeness (QED) is 0.248. The van der Waals surface area contributed by atoms with Crippen molar-refractivity contribution in [3.63, 3.8) is 0 Å². The maximum absolute atomic E-state index is 14.8. The lowest BCUT2D eigenvalue weighted by molar-refractivity contribution is 0.00490. The molecule has 3 fully saturated rings. The lowest BCUT2D eigenvalue weighted by atomic mass is 9.73. The minimum Gasteiger partial charge on any atom is -0.497 e. The lowest BCUT2D eigenvalue weighted by Crippen LogP contribution is -2.57. The van der Waals surface area contributed by atoms with E-state index in [1.54, 1.807) is 13.3 Å². The van der Waals surface area contributed by atoms with Crippen LogP contribution in [0.5, 0.6) is 5.75 Å². The zero-order chi connectivity index (χ0) is 30.3. The van der Waals surface area contributed by atoms with Crippen LogP contribution in [-0.4, -0.2) is 44.5 Å². The molecule has 3 saturated heterocycles. The van der Waals surface area contributed by atoms with Crippen LogP contribution in [0.2, 0.25) is 0 Å². The highest BCUT2D eigenvalue weighted by molar-refractivity contribution is 7.89. The highest BCUT2D eigenvalue weighted by atomic mass is 32.2. The van der Waals surface area contributed by atoms with Gasteiger partial charge >= 0.3 is 0 Å². The molecule has 0 saturated carbocycles. The minimum absolute atomic E-state index is 0.0199. The Bertz CT molecular complexity index is 1530. The highest BCUT2D eigenvalue weighted by Gasteiger charge is 2.44. The lowest BCUT2D eigenvalue weighted by Gasteiger charge is -2.51. The first-order valence-electron chi connectivity index (χ1n) is 15.4. The smallest absolute Gasteiger partial charge is 0.241 e. The topological polar surface area (TPSA) is 71.5 Å². The van der Waals surface area contributed by atoms with Gasteiger partial charge < -0.3 is 4.74 Å². The molecule has 3 aliphatic rings. The highest BCUT2D eigenvalue weighted by Crippen LogP contribution is 2.44. The van der Waals surface area contributed by atoms with Crippen LogP contribution in [0.3, 0.4) is 0 Å². The van der Waals surface area contributed by atoms with Gasteiger partial charge in [-0.2, -0.15) is 0 Å². The van der Waals surface area contributed by atoms with Crippen LogP contribution in [0.4, 0.5) is 0 Å². The van der Waals surface area contributed by atoms with E-state index in [1.165, 1.54) is 5.56 Å². The van der Waals surface area contributed by atoms with Gasteiger partial charge in [0.1, 0.15) is 5.75 Å². The van der Waals surface area contributed by atoms with Crippen LogP contribution in [0.15, 0.2) is 60.1 Å². The van der Waals surface area contributed by atoms with E-state index in [0.29, 0.717) is 22.6 Å². The summed E-state index contributed by atoms with van der Waals surface area (Å²) in [6.07, 6.45) is 5.91. The van der Waals surface area contributed by atoms with Gasteiger partial charge in [-0.1, -0.05) is 59.8 Å². The normalized spacial score (nSPS) is 23.2. The van der Waals surface area contributed by atoms with Crippen molar-refractivity contribution in [1.82, 2.24) is 14.6 Å². The molecule has 2 bridgehead atoms. The van der Waals surface area contributed by atoms with Crippen molar-refractivity contribution in [2.75, 3.05) is 20.2 Å². The molecule has 3 aliphatic heterocycles. The number of hydrogen-bond donors (Lipinski definition) is 1. The second kappa shape index (κ2) is 12.1. The van der Waals surface area contributed by atoms with Crippen LogP contribution in [0, 0.1) is 11.8 Å². The standard InChI is InChI=1S/C35H47N3O3S/c1-9-24-20-38-15-13-25(24)18-33(38)34(28-12-14-36-32-11-10-27(41-8)19-31(28)32)37-42(39,40)35-29(22(4)5)16-26(21(2)3)17-30(35)23(6)7/h9-12,14,16-17,19,21-25,33-34,37H,1,13,15,18,20H2,2-8H3/t24-,25-,33-,34-/m0/s1. The summed E-state index contributed by atoms with van der Waals surface area (Å²) in [6.45, 7) is 18.6. The number of hydrogen-bond acceptors (Lipinski definition) is 5. The number of sulfonamides is 1. The number of nitrogens with zero attached hydrogens (tertiary/aromatic N) is 2. The molecular weight excluding hydrogens is 542 g/mol. The van der Waals surface area contributed by atoms with E-state index in [4.69, 9.17) is 4.74 Å². The van der Waals surface area contributed by atoms with Crippen molar-refractivity contribution in [3.05, 3.63) is 77.5 Å². The molecule has 6 rings (SSSR count). The van der Waals surface area contributed by atoms with E-state index in [1.807, 2.05) is 24.3 Å². The average molecular weight is 590 g/mol. The Kier molecular flexibility index (Phi) is 8.85. The molecule has 0 amide bonds. The summed E-state index contributed by atoms with van der Waals surface area (Å²) in [5.74, 6) is 2.07. The van der Waals surface area contributed by atoms with Gasteiger partial charge in [-0.15, -0.1) is 6.58 Å².